The lowest BCUT2D eigenvalue weighted by molar-refractivity contribution is 0.303. The summed E-state index contributed by atoms with van der Waals surface area (Å²) in [6.45, 7) is 17.6. The average molecular weight is 436 g/mol. The molecule has 5 heteroatoms. The molecule has 3 rings (SSSR count). The van der Waals surface area contributed by atoms with Crippen LogP contribution in [0.15, 0.2) is 42.5 Å². The third-order valence-electron chi connectivity index (χ3n) is 6.41. The molecule has 0 atom stereocenters. The Kier molecular flexibility index (Phi) is 9.57. The zero-order chi connectivity index (χ0) is 22.8. The van der Waals surface area contributed by atoms with E-state index in [1.54, 1.807) is 0 Å². The second-order valence-corrected chi connectivity index (χ2v) is 8.35. The molecule has 0 aliphatic carbocycles. The Hall–Kier alpha value is -2.37. The molecule has 0 unspecified atom stereocenters. The smallest absolute Gasteiger partial charge is 0.0732 e. The molecule has 5 nitrogen and oxygen atoms in total. The van der Waals surface area contributed by atoms with E-state index in [2.05, 4.69) is 90.6 Å². The predicted molar refractivity (Wildman–Crippen MR) is 141 cm³/mol. The van der Waals surface area contributed by atoms with Gasteiger partial charge < -0.3 is 20.4 Å². The molecule has 0 radical (unpaired) electrons. The number of nitrogens with one attached hydrogen (secondary N) is 2. The van der Waals surface area contributed by atoms with Crippen LogP contribution in [0.25, 0.3) is 21.8 Å². The minimum atomic E-state index is 0.955. The first-order valence-corrected chi connectivity index (χ1v) is 12.4. The highest BCUT2D eigenvalue weighted by atomic mass is 15.1. The van der Waals surface area contributed by atoms with Crippen LogP contribution in [-0.2, 0) is 0 Å². The van der Waals surface area contributed by atoms with Gasteiger partial charge in [0, 0.05) is 23.9 Å². The third-order valence-corrected chi connectivity index (χ3v) is 6.41. The lowest BCUT2D eigenvalue weighted by atomic mass is 10.1. The van der Waals surface area contributed by atoms with Gasteiger partial charge in [-0.3, -0.25) is 0 Å². The van der Waals surface area contributed by atoms with Gasteiger partial charge >= 0.3 is 0 Å². The number of nitrogens with zero attached hydrogens (tertiary/aromatic N) is 3. The number of hydrogen-bond donors (Lipinski definition) is 2. The maximum atomic E-state index is 4.92. The van der Waals surface area contributed by atoms with Gasteiger partial charge in [-0.2, -0.15) is 0 Å². The number of rotatable bonds is 14. The fourth-order valence-electron chi connectivity index (χ4n) is 4.31. The van der Waals surface area contributed by atoms with Crippen molar-refractivity contribution in [3.63, 3.8) is 0 Å². The molecule has 2 aromatic carbocycles. The summed E-state index contributed by atoms with van der Waals surface area (Å²) in [4.78, 5) is 9.88. The normalized spacial score (nSPS) is 11.7. The summed E-state index contributed by atoms with van der Waals surface area (Å²) in [6, 6.07) is 15.0. The van der Waals surface area contributed by atoms with Crippen LogP contribution in [0.3, 0.4) is 0 Å². The molecule has 0 fully saturated rings. The molecule has 0 spiro atoms. The number of fused-ring (bicyclic) bond motifs is 2. The van der Waals surface area contributed by atoms with E-state index in [1.165, 1.54) is 22.1 Å². The summed E-state index contributed by atoms with van der Waals surface area (Å²) in [5.41, 5.74) is 4.45. The Balaban J connectivity index is 1.79. The number of hydrogen-bond acceptors (Lipinski definition) is 5. The summed E-state index contributed by atoms with van der Waals surface area (Å²) in [5.74, 6) is 0. The fraction of sp³-hybridized carbons (Fsp3) is 0.519. The summed E-state index contributed by atoms with van der Waals surface area (Å²) < 4.78 is 0. The molecular weight excluding hydrogens is 394 g/mol. The maximum absolute atomic E-state index is 4.92. The highest BCUT2D eigenvalue weighted by Gasteiger charge is 2.10. The Morgan fingerprint density at radius 3 is 2.00 bits per heavy atom. The molecule has 32 heavy (non-hydrogen) atoms. The van der Waals surface area contributed by atoms with Crippen molar-refractivity contribution in [1.82, 2.24) is 14.8 Å². The van der Waals surface area contributed by atoms with Gasteiger partial charge in [0.2, 0.25) is 0 Å². The largest absolute Gasteiger partial charge is 0.383 e. The van der Waals surface area contributed by atoms with Crippen molar-refractivity contribution < 1.29 is 0 Å². The van der Waals surface area contributed by atoms with Gasteiger partial charge in [0.05, 0.1) is 22.4 Å². The first kappa shape index (κ1) is 24.3. The van der Waals surface area contributed by atoms with Gasteiger partial charge in [0.15, 0.2) is 0 Å². The molecule has 0 saturated heterocycles. The van der Waals surface area contributed by atoms with Gasteiger partial charge in [-0.05, 0) is 76.4 Å². The van der Waals surface area contributed by atoms with Crippen molar-refractivity contribution >= 4 is 33.2 Å². The zero-order valence-corrected chi connectivity index (χ0v) is 20.5. The van der Waals surface area contributed by atoms with E-state index in [9.17, 15) is 0 Å². The van der Waals surface area contributed by atoms with Crippen molar-refractivity contribution in [2.24, 2.45) is 0 Å². The highest BCUT2D eigenvalue weighted by Crippen LogP contribution is 2.33. The Bertz CT molecular complexity index is 963. The lowest BCUT2D eigenvalue weighted by Crippen LogP contribution is -2.26. The molecule has 0 aliphatic heterocycles. The van der Waals surface area contributed by atoms with Crippen molar-refractivity contribution in [2.75, 3.05) is 63.0 Å². The summed E-state index contributed by atoms with van der Waals surface area (Å²) in [7, 11) is 0. The molecule has 3 aromatic rings. The second kappa shape index (κ2) is 12.6. The molecule has 0 aliphatic rings. The highest BCUT2D eigenvalue weighted by molar-refractivity contribution is 6.03. The molecule has 174 valence electrons. The van der Waals surface area contributed by atoms with Gasteiger partial charge in [-0.15, -0.1) is 0 Å². The van der Waals surface area contributed by atoms with Crippen LogP contribution in [0.1, 0.15) is 40.5 Å². The number of benzene rings is 2. The molecule has 0 amide bonds. The van der Waals surface area contributed by atoms with Gasteiger partial charge in [-0.25, -0.2) is 4.98 Å². The Labute approximate surface area is 194 Å². The van der Waals surface area contributed by atoms with Gasteiger partial charge in [-0.1, -0.05) is 45.9 Å². The van der Waals surface area contributed by atoms with Crippen LogP contribution in [0, 0.1) is 0 Å². The van der Waals surface area contributed by atoms with Crippen molar-refractivity contribution in [1.29, 1.82) is 0 Å². The van der Waals surface area contributed by atoms with E-state index < -0.39 is 0 Å². The van der Waals surface area contributed by atoms with E-state index in [0.29, 0.717) is 0 Å². The minimum absolute atomic E-state index is 0.955. The first-order valence-electron chi connectivity index (χ1n) is 12.4. The van der Waals surface area contributed by atoms with Crippen LogP contribution in [-0.4, -0.2) is 67.1 Å². The van der Waals surface area contributed by atoms with Crippen LogP contribution >= 0.6 is 0 Å². The van der Waals surface area contributed by atoms with E-state index in [0.717, 1.165) is 76.2 Å². The van der Waals surface area contributed by atoms with Gasteiger partial charge in [0.1, 0.15) is 0 Å². The topological polar surface area (TPSA) is 43.4 Å². The minimum Gasteiger partial charge on any atom is -0.383 e. The summed E-state index contributed by atoms with van der Waals surface area (Å²) in [6.07, 6.45) is 2.26. The monoisotopic (exact) mass is 435 g/mol. The molecule has 1 heterocycles. The zero-order valence-electron chi connectivity index (χ0n) is 20.5. The molecule has 0 bridgehead atoms. The maximum Gasteiger partial charge on any atom is 0.0732 e. The summed E-state index contributed by atoms with van der Waals surface area (Å²) in [5, 5.41) is 9.84. The summed E-state index contributed by atoms with van der Waals surface area (Å²) >= 11 is 0. The van der Waals surface area contributed by atoms with Crippen LogP contribution in [0.4, 0.5) is 11.4 Å². The van der Waals surface area contributed by atoms with Gasteiger partial charge in [0.25, 0.3) is 0 Å². The molecular formula is C27H41N5. The average Bonchev–Trinajstić information content (AvgIpc) is 2.83. The first-order chi connectivity index (χ1) is 15.7. The van der Waals surface area contributed by atoms with Crippen molar-refractivity contribution in [3.8, 4) is 0 Å². The van der Waals surface area contributed by atoms with Crippen LogP contribution in [0.2, 0.25) is 0 Å². The standard InChI is InChI=1S/C27H41N5/c1-5-31(6-2)19-11-17-28-26-16-15-25-23(21-22-13-9-10-14-24(22)30-25)27(26)29-18-12-20-32(7-3)8-4/h9-10,13-16,21,28-29H,5-8,11-12,17-20H2,1-4H3. The number of anilines is 2. The lowest BCUT2D eigenvalue weighted by Gasteiger charge is -2.21. The van der Waals surface area contributed by atoms with Crippen LogP contribution in [0.5, 0.6) is 0 Å². The fourth-order valence-corrected chi connectivity index (χ4v) is 4.31. The Morgan fingerprint density at radius 2 is 1.34 bits per heavy atom. The molecule has 0 saturated carbocycles. The van der Waals surface area contributed by atoms with E-state index in [4.69, 9.17) is 4.98 Å². The van der Waals surface area contributed by atoms with Crippen molar-refractivity contribution in [2.45, 2.75) is 40.5 Å². The van der Waals surface area contributed by atoms with Crippen molar-refractivity contribution in [3.05, 3.63) is 42.5 Å². The van der Waals surface area contributed by atoms with E-state index in [-0.39, 0.29) is 0 Å². The van der Waals surface area contributed by atoms with Crippen LogP contribution < -0.4 is 10.6 Å². The third kappa shape index (κ3) is 6.33. The second-order valence-electron chi connectivity index (χ2n) is 8.35. The van der Waals surface area contributed by atoms with E-state index in [1.807, 2.05) is 0 Å². The quantitative estimate of drug-likeness (QED) is 0.252. The molecule has 1 aromatic heterocycles. The number of para-hydroxylation sites is 1. The number of aromatic nitrogens is 1. The number of pyridine rings is 1. The van der Waals surface area contributed by atoms with E-state index >= 15 is 0 Å². The predicted octanol–water partition coefficient (Wildman–Crippen LogP) is 5.68. The molecule has 2 N–H and O–H groups in total. The SMILES string of the molecule is CCN(CC)CCCNc1ccc2nc3ccccc3cc2c1NCCCN(CC)CC. The Morgan fingerprint density at radius 1 is 0.719 bits per heavy atom.